The van der Waals surface area contributed by atoms with Crippen molar-refractivity contribution in [2.24, 2.45) is 0 Å². The second-order valence-electron chi connectivity index (χ2n) is 6.75. The summed E-state index contributed by atoms with van der Waals surface area (Å²) in [4.78, 5) is 12.7. The first-order chi connectivity index (χ1) is 12.6. The quantitative estimate of drug-likeness (QED) is 0.654. The Morgan fingerprint density at radius 3 is 2.85 bits per heavy atom. The fourth-order valence-electron chi connectivity index (χ4n) is 3.61. The van der Waals surface area contributed by atoms with E-state index in [0.717, 1.165) is 40.6 Å². The fraction of sp³-hybridized carbons (Fsp3) is 0.300. The predicted octanol–water partition coefficient (Wildman–Crippen LogP) is 4.43. The third-order valence-corrected chi connectivity index (χ3v) is 5.56. The molecule has 4 rings (SSSR count). The van der Waals surface area contributed by atoms with E-state index in [1.807, 2.05) is 35.0 Å². The molecule has 1 amide bonds. The number of hydrogen-bond acceptors (Lipinski definition) is 3. The van der Waals surface area contributed by atoms with E-state index in [1.165, 1.54) is 5.56 Å². The van der Waals surface area contributed by atoms with E-state index in [2.05, 4.69) is 39.6 Å². The highest BCUT2D eigenvalue weighted by Crippen LogP contribution is 2.35. The van der Waals surface area contributed by atoms with E-state index in [1.54, 1.807) is 7.05 Å². The Balaban J connectivity index is 1.98. The van der Waals surface area contributed by atoms with Crippen LogP contribution in [0.3, 0.4) is 0 Å². The van der Waals surface area contributed by atoms with Gasteiger partial charge in [0.15, 0.2) is 0 Å². The third kappa shape index (κ3) is 2.88. The van der Waals surface area contributed by atoms with Crippen molar-refractivity contribution in [1.29, 1.82) is 0 Å². The molecule has 0 spiro atoms. The molecule has 26 heavy (non-hydrogen) atoms. The number of anilines is 1. The maximum absolute atomic E-state index is 12.7. The molecule has 0 saturated carbocycles. The molecule has 1 aliphatic rings. The van der Waals surface area contributed by atoms with E-state index in [0.29, 0.717) is 17.2 Å². The van der Waals surface area contributed by atoms with E-state index < -0.39 is 0 Å². The third-order valence-electron chi connectivity index (χ3n) is 5.03. The lowest BCUT2D eigenvalue weighted by Gasteiger charge is -2.13. The van der Waals surface area contributed by atoms with E-state index in [9.17, 15) is 4.79 Å². The van der Waals surface area contributed by atoms with Crippen LogP contribution in [0.4, 0.5) is 5.69 Å². The lowest BCUT2D eigenvalue weighted by Crippen LogP contribution is -2.18. The zero-order chi connectivity index (χ0) is 18.3. The molecular formula is C20H21BrN4O. The van der Waals surface area contributed by atoms with Gasteiger partial charge in [0.1, 0.15) is 5.69 Å². The largest absolute Gasteiger partial charge is 0.384 e. The molecule has 1 unspecified atom stereocenters. The summed E-state index contributed by atoms with van der Waals surface area (Å²) in [6.45, 7) is 3.21. The first-order valence-corrected chi connectivity index (χ1v) is 9.66. The van der Waals surface area contributed by atoms with Crippen LogP contribution in [0.25, 0.3) is 16.8 Å². The minimum absolute atomic E-state index is 0.118. The van der Waals surface area contributed by atoms with E-state index >= 15 is 0 Å². The Morgan fingerprint density at radius 2 is 2.12 bits per heavy atom. The minimum Gasteiger partial charge on any atom is -0.384 e. The van der Waals surface area contributed by atoms with Crippen molar-refractivity contribution in [3.63, 3.8) is 0 Å². The molecule has 0 aliphatic carbocycles. The molecule has 5 nitrogen and oxygen atoms in total. The van der Waals surface area contributed by atoms with Gasteiger partial charge in [0, 0.05) is 23.6 Å². The Kier molecular flexibility index (Phi) is 4.44. The van der Waals surface area contributed by atoms with Crippen LogP contribution in [0.2, 0.25) is 0 Å². The second-order valence-corrected chi connectivity index (χ2v) is 7.67. The summed E-state index contributed by atoms with van der Waals surface area (Å²) < 4.78 is 2.82. The zero-order valence-corrected chi connectivity index (χ0v) is 16.4. The first kappa shape index (κ1) is 17.1. The minimum atomic E-state index is -0.118. The van der Waals surface area contributed by atoms with Gasteiger partial charge in [-0.15, -0.1) is 0 Å². The van der Waals surface area contributed by atoms with Gasteiger partial charge >= 0.3 is 0 Å². The number of nitrogens with zero attached hydrogens (tertiary/aromatic N) is 2. The monoisotopic (exact) mass is 412 g/mol. The van der Waals surface area contributed by atoms with Gasteiger partial charge in [-0.25, -0.2) is 4.52 Å². The summed E-state index contributed by atoms with van der Waals surface area (Å²) in [7, 11) is 1.66. The Labute approximate surface area is 160 Å². The van der Waals surface area contributed by atoms with Crippen molar-refractivity contribution >= 4 is 33.0 Å². The highest BCUT2D eigenvalue weighted by molar-refractivity contribution is 9.10. The Bertz CT molecular complexity index is 978. The average molecular weight is 413 g/mol. The van der Waals surface area contributed by atoms with Crippen molar-refractivity contribution in [3.8, 4) is 11.3 Å². The second kappa shape index (κ2) is 6.76. The van der Waals surface area contributed by atoms with Gasteiger partial charge in [-0.2, -0.15) is 5.10 Å². The van der Waals surface area contributed by atoms with Crippen LogP contribution in [0.1, 0.15) is 41.6 Å². The van der Waals surface area contributed by atoms with Crippen LogP contribution >= 0.6 is 15.9 Å². The number of hydrogen-bond donors (Lipinski definition) is 2. The topological polar surface area (TPSA) is 58.4 Å². The molecule has 0 radical (unpaired) electrons. The smallest absolute Gasteiger partial charge is 0.255 e. The maximum Gasteiger partial charge on any atom is 0.255 e. The number of nitrogens with one attached hydrogen (secondary N) is 2. The number of aromatic nitrogens is 2. The van der Waals surface area contributed by atoms with Gasteiger partial charge in [-0.05, 0) is 42.5 Å². The Hall–Kier alpha value is -2.34. The average Bonchev–Trinajstić information content (AvgIpc) is 2.92. The molecule has 0 bridgehead atoms. The molecule has 2 aromatic heterocycles. The summed E-state index contributed by atoms with van der Waals surface area (Å²) >= 11 is 3.46. The molecule has 2 N–H and O–H groups in total. The number of halogens is 1. The lowest BCUT2D eigenvalue weighted by molar-refractivity contribution is 0.0965. The first-order valence-electron chi connectivity index (χ1n) is 8.86. The molecular weight excluding hydrogens is 392 g/mol. The normalized spacial score (nSPS) is 16.7. The predicted molar refractivity (Wildman–Crippen MR) is 108 cm³/mol. The molecule has 6 heteroatoms. The fourth-order valence-corrected chi connectivity index (χ4v) is 3.87. The van der Waals surface area contributed by atoms with E-state index in [-0.39, 0.29) is 5.91 Å². The molecule has 1 atom stereocenters. The highest BCUT2D eigenvalue weighted by Gasteiger charge is 2.23. The van der Waals surface area contributed by atoms with Crippen molar-refractivity contribution in [1.82, 2.24) is 14.9 Å². The number of carbonyl (C=O) groups excluding carboxylic acids is 1. The van der Waals surface area contributed by atoms with Crippen LogP contribution in [0.15, 0.2) is 41.0 Å². The number of amides is 1. The molecule has 134 valence electrons. The van der Waals surface area contributed by atoms with Gasteiger partial charge < -0.3 is 10.6 Å². The molecule has 1 aromatic carbocycles. The van der Waals surface area contributed by atoms with Crippen molar-refractivity contribution in [2.75, 3.05) is 18.9 Å². The lowest BCUT2D eigenvalue weighted by atomic mass is 9.96. The molecule has 3 heterocycles. The molecule has 3 aromatic rings. The number of fused-ring (bicyclic) bond motifs is 2. The number of rotatable bonds is 2. The molecule has 0 fully saturated rings. The van der Waals surface area contributed by atoms with E-state index in [4.69, 9.17) is 5.10 Å². The summed E-state index contributed by atoms with van der Waals surface area (Å²) in [6.07, 6.45) is 4.30. The summed E-state index contributed by atoms with van der Waals surface area (Å²) in [5.74, 6) is 0.334. The van der Waals surface area contributed by atoms with Gasteiger partial charge in [-0.3, -0.25) is 4.79 Å². The van der Waals surface area contributed by atoms with Gasteiger partial charge in [-0.1, -0.05) is 35.0 Å². The summed E-state index contributed by atoms with van der Waals surface area (Å²) in [5.41, 5.74) is 5.44. The number of carbonyl (C=O) groups is 1. The van der Waals surface area contributed by atoms with Crippen molar-refractivity contribution in [2.45, 2.75) is 25.7 Å². The number of pyridine rings is 1. The summed E-state index contributed by atoms with van der Waals surface area (Å²) in [5, 5.41) is 11.0. The van der Waals surface area contributed by atoms with Gasteiger partial charge in [0.25, 0.3) is 5.91 Å². The summed E-state index contributed by atoms with van der Waals surface area (Å²) in [6, 6.07) is 10.0. The molecule has 1 aliphatic heterocycles. The maximum atomic E-state index is 12.7. The van der Waals surface area contributed by atoms with Crippen LogP contribution in [-0.2, 0) is 0 Å². The standard InChI is InChI=1S/C20H21BrN4O/c1-12-4-3-9-23-16-11-25-17(10-15(12)16)18(20(26)22-2)19(24-25)13-5-7-14(21)8-6-13/h5-8,10-12,23H,3-4,9H2,1-2H3,(H,22,26). The van der Waals surface area contributed by atoms with Crippen LogP contribution < -0.4 is 10.6 Å². The van der Waals surface area contributed by atoms with Crippen LogP contribution in [0.5, 0.6) is 0 Å². The van der Waals surface area contributed by atoms with Gasteiger partial charge in [0.2, 0.25) is 0 Å². The van der Waals surface area contributed by atoms with Crippen molar-refractivity contribution in [3.05, 3.63) is 52.1 Å². The number of benzene rings is 1. The molecule has 0 saturated heterocycles. The zero-order valence-electron chi connectivity index (χ0n) is 14.8. The Morgan fingerprint density at radius 1 is 1.35 bits per heavy atom. The van der Waals surface area contributed by atoms with Crippen LogP contribution in [-0.4, -0.2) is 29.1 Å². The van der Waals surface area contributed by atoms with Crippen molar-refractivity contribution < 1.29 is 4.79 Å². The van der Waals surface area contributed by atoms with Crippen LogP contribution in [0, 0.1) is 0 Å². The SMILES string of the molecule is CNC(=O)c1c(-c2ccc(Br)cc2)nn2cc3c(cc12)C(C)CCCN3. The highest BCUT2D eigenvalue weighted by atomic mass is 79.9. The van der Waals surface area contributed by atoms with Gasteiger partial charge in [0.05, 0.1) is 23.0 Å².